The molecule has 0 atom stereocenters. The van der Waals surface area contributed by atoms with Crippen LogP contribution < -0.4 is 10.5 Å². The van der Waals surface area contributed by atoms with E-state index in [0.717, 1.165) is 15.1 Å². The second-order valence-corrected chi connectivity index (χ2v) is 4.70. The minimum atomic E-state index is 0.415. The summed E-state index contributed by atoms with van der Waals surface area (Å²) < 4.78 is 10.1. The van der Waals surface area contributed by atoms with E-state index in [4.69, 9.17) is 15.7 Å². The minimum absolute atomic E-state index is 0.415. The van der Waals surface area contributed by atoms with Crippen molar-refractivity contribution in [2.45, 2.75) is 0 Å². The zero-order chi connectivity index (χ0) is 11.5. The Hall–Kier alpha value is -1.40. The third-order valence-corrected chi connectivity index (χ3v) is 3.08. The first-order valence-corrected chi connectivity index (χ1v) is 5.99. The smallest absolute Gasteiger partial charge is 0.298 e. The molecular formula is C9H5IN4OS. The van der Waals surface area contributed by atoms with Crippen LogP contribution in [0.5, 0.6) is 10.9 Å². The molecule has 0 aliphatic rings. The van der Waals surface area contributed by atoms with Crippen LogP contribution in [-0.2, 0) is 0 Å². The molecule has 0 saturated heterocycles. The fourth-order valence-corrected chi connectivity index (χ4v) is 2.24. The van der Waals surface area contributed by atoms with Crippen LogP contribution in [0.4, 0.5) is 5.69 Å². The van der Waals surface area contributed by atoms with Crippen molar-refractivity contribution in [2.24, 2.45) is 0 Å². The second kappa shape index (κ2) is 4.63. The Kier molecular flexibility index (Phi) is 3.21. The van der Waals surface area contributed by atoms with Gasteiger partial charge in [0.05, 0.1) is 20.9 Å². The van der Waals surface area contributed by atoms with Gasteiger partial charge < -0.3 is 10.5 Å². The Balaban J connectivity index is 2.39. The molecule has 0 unspecified atom stereocenters. The van der Waals surface area contributed by atoms with E-state index in [-0.39, 0.29) is 0 Å². The predicted octanol–water partition coefficient (Wildman–Crippen LogP) is 2.39. The van der Waals surface area contributed by atoms with Gasteiger partial charge >= 0.3 is 0 Å². The van der Waals surface area contributed by atoms with Gasteiger partial charge in [-0.2, -0.15) is 14.6 Å². The Morgan fingerprint density at radius 3 is 2.88 bits per heavy atom. The van der Waals surface area contributed by atoms with Crippen molar-refractivity contribution in [3.63, 3.8) is 0 Å². The van der Waals surface area contributed by atoms with Gasteiger partial charge in [-0.3, -0.25) is 0 Å². The lowest BCUT2D eigenvalue weighted by atomic mass is 10.2. The van der Waals surface area contributed by atoms with Crippen molar-refractivity contribution in [1.29, 1.82) is 5.26 Å². The lowest BCUT2D eigenvalue weighted by Gasteiger charge is -2.07. The Bertz CT molecular complexity index is 526. The molecule has 0 fully saturated rings. The maximum Gasteiger partial charge on any atom is 0.298 e. The first-order valence-electron chi connectivity index (χ1n) is 4.14. The molecule has 1 aromatic heterocycles. The van der Waals surface area contributed by atoms with Crippen molar-refractivity contribution in [2.75, 3.05) is 5.73 Å². The number of aromatic nitrogens is 2. The third-order valence-electron chi connectivity index (χ3n) is 1.73. The van der Waals surface area contributed by atoms with E-state index in [2.05, 4.69) is 31.9 Å². The van der Waals surface area contributed by atoms with Crippen molar-refractivity contribution in [1.82, 2.24) is 9.36 Å². The fraction of sp³-hybridized carbons (Fsp3) is 0. The normalized spacial score (nSPS) is 9.75. The summed E-state index contributed by atoms with van der Waals surface area (Å²) in [5.74, 6) is 0.511. The lowest BCUT2D eigenvalue weighted by Crippen LogP contribution is -1.95. The molecular weight excluding hydrogens is 339 g/mol. The zero-order valence-corrected chi connectivity index (χ0v) is 10.8. The molecule has 1 aromatic carbocycles. The molecule has 0 saturated carbocycles. The summed E-state index contributed by atoms with van der Waals surface area (Å²) in [6.45, 7) is 0. The highest BCUT2D eigenvalue weighted by atomic mass is 127. The van der Waals surface area contributed by atoms with Crippen molar-refractivity contribution >= 4 is 39.8 Å². The number of nitrogens with two attached hydrogens (primary N) is 1. The maximum atomic E-state index is 8.76. The number of nitriles is 1. The van der Waals surface area contributed by atoms with Gasteiger partial charge in [-0.25, -0.2) is 0 Å². The van der Waals surface area contributed by atoms with E-state index in [1.165, 1.54) is 6.33 Å². The van der Waals surface area contributed by atoms with Gasteiger partial charge in [-0.1, -0.05) is 0 Å². The van der Waals surface area contributed by atoms with Crippen molar-refractivity contribution in [3.8, 4) is 17.0 Å². The Labute approximate surface area is 109 Å². The van der Waals surface area contributed by atoms with E-state index in [1.807, 2.05) is 6.07 Å². The largest absolute Gasteiger partial charge is 0.427 e. The maximum absolute atomic E-state index is 8.76. The lowest BCUT2D eigenvalue weighted by molar-refractivity contribution is 0.478. The van der Waals surface area contributed by atoms with Crippen LogP contribution in [0.1, 0.15) is 5.56 Å². The topological polar surface area (TPSA) is 84.8 Å². The highest BCUT2D eigenvalue weighted by Gasteiger charge is 2.11. The molecule has 7 heteroatoms. The number of ether oxygens (including phenoxy) is 1. The molecule has 80 valence electrons. The standard InChI is InChI=1S/C9H5IN4OS/c10-6-1-5(3-11)2-7(12)8(6)15-9-13-4-14-16-9/h1-2,4H,12H2. The number of nitrogens with zero attached hydrogens (tertiary/aromatic N) is 3. The molecule has 2 aromatic rings. The molecule has 2 rings (SSSR count). The molecule has 1 heterocycles. The number of halogens is 1. The van der Waals surface area contributed by atoms with Gasteiger partial charge in [-0.15, -0.1) is 0 Å². The summed E-state index contributed by atoms with van der Waals surface area (Å²) in [5.41, 5.74) is 6.71. The number of nitrogen functional groups attached to an aromatic ring is 1. The summed E-state index contributed by atoms with van der Waals surface area (Å²) in [6, 6.07) is 5.30. The van der Waals surface area contributed by atoms with Crippen LogP contribution in [0, 0.1) is 14.9 Å². The average molecular weight is 344 g/mol. The Morgan fingerprint density at radius 1 is 1.50 bits per heavy atom. The van der Waals surface area contributed by atoms with Gasteiger partial charge in [0.25, 0.3) is 5.19 Å². The van der Waals surface area contributed by atoms with Crippen LogP contribution in [0.3, 0.4) is 0 Å². The second-order valence-electron chi connectivity index (χ2n) is 2.80. The van der Waals surface area contributed by atoms with Crippen LogP contribution in [0.2, 0.25) is 0 Å². The average Bonchev–Trinajstić information content (AvgIpc) is 2.75. The van der Waals surface area contributed by atoms with Gasteiger partial charge in [-0.05, 0) is 34.7 Å². The molecule has 0 spiro atoms. The van der Waals surface area contributed by atoms with E-state index in [9.17, 15) is 0 Å². The van der Waals surface area contributed by atoms with Gasteiger partial charge in [0.15, 0.2) is 5.75 Å². The highest BCUT2D eigenvalue weighted by Crippen LogP contribution is 2.33. The summed E-state index contributed by atoms with van der Waals surface area (Å²) in [5, 5.41) is 9.19. The molecule has 2 N–H and O–H groups in total. The molecule has 0 aliphatic carbocycles. The van der Waals surface area contributed by atoms with Crippen LogP contribution in [-0.4, -0.2) is 9.36 Å². The highest BCUT2D eigenvalue weighted by molar-refractivity contribution is 14.1. The van der Waals surface area contributed by atoms with Crippen molar-refractivity contribution < 1.29 is 4.74 Å². The van der Waals surface area contributed by atoms with Crippen LogP contribution in [0.15, 0.2) is 18.5 Å². The number of rotatable bonds is 2. The van der Waals surface area contributed by atoms with Gasteiger partial charge in [0.2, 0.25) is 0 Å². The first-order chi connectivity index (χ1) is 7.70. The van der Waals surface area contributed by atoms with Gasteiger partial charge in [0, 0.05) is 11.5 Å². The molecule has 0 amide bonds. The SMILES string of the molecule is N#Cc1cc(N)c(Oc2ncns2)c(I)c1. The molecule has 16 heavy (non-hydrogen) atoms. The van der Waals surface area contributed by atoms with E-state index in [0.29, 0.717) is 22.2 Å². The fourth-order valence-electron chi connectivity index (χ4n) is 1.08. The quantitative estimate of drug-likeness (QED) is 0.668. The first kappa shape index (κ1) is 11.1. The van der Waals surface area contributed by atoms with E-state index >= 15 is 0 Å². The summed E-state index contributed by atoms with van der Waals surface area (Å²) in [6.07, 6.45) is 1.41. The van der Waals surface area contributed by atoms with E-state index in [1.54, 1.807) is 12.1 Å². The summed E-state index contributed by atoms with van der Waals surface area (Å²) in [4.78, 5) is 3.90. The van der Waals surface area contributed by atoms with Crippen LogP contribution in [0.25, 0.3) is 0 Å². The predicted molar refractivity (Wildman–Crippen MR) is 68.3 cm³/mol. The number of anilines is 1. The third kappa shape index (κ3) is 2.23. The van der Waals surface area contributed by atoms with E-state index < -0.39 is 0 Å². The van der Waals surface area contributed by atoms with Crippen molar-refractivity contribution in [3.05, 3.63) is 27.6 Å². The number of hydrogen-bond donors (Lipinski definition) is 1. The Morgan fingerprint density at radius 2 is 2.31 bits per heavy atom. The molecule has 5 nitrogen and oxygen atoms in total. The molecule has 0 radical (unpaired) electrons. The van der Waals surface area contributed by atoms with Gasteiger partial charge in [0.1, 0.15) is 6.33 Å². The number of hydrogen-bond acceptors (Lipinski definition) is 6. The number of benzene rings is 1. The molecule has 0 bridgehead atoms. The summed E-state index contributed by atoms with van der Waals surface area (Å²) in [7, 11) is 0. The summed E-state index contributed by atoms with van der Waals surface area (Å²) >= 11 is 3.20. The zero-order valence-electron chi connectivity index (χ0n) is 7.85. The monoisotopic (exact) mass is 344 g/mol. The molecule has 0 aliphatic heterocycles. The van der Waals surface area contributed by atoms with Crippen LogP contribution >= 0.6 is 34.1 Å². The minimum Gasteiger partial charge on any atom is -0.427 e.